The Morgan fingerprint density at radius 2 is 2.14 bits per heavy atom. The summed E-state index contributed by atoms with van der Waals surface area (Å²) in [5.74, 6) is 0.987. The molecule has 22 heavy (non-hydrogen) atoms. The number of aromatic nitrogens is 1. The van der Waals surface area contributed by atoms with Crippen molar-refractivity contribution in [3.05, 3.63) is 48.0 Å². The van der Waals surface area contributed by atoms with Gasteiger partial charge in [-0.2, -0.15) is 0 Å². The van der Waals surface area contributed by atoms with Gasteiger partial charge in [0.15, 0.2) is 11.6 Å². The van der Waals surface area contributed by atoms with Crippen LogP contribution in [-0.2, 0) is 0 Å². The third kappa shape index (κ3) is 3.60. The minimum absolute atomic E-state index is 0.326. The van der Waals surface area contributed by atoms with Crippen LogP contribution in [0.4, 0.5) is 10.6 Å². The number of dihydropyridines is 1. The summed E-state index contributed by atoms with van der Waals surface area (Å²) >= 11 is 0. The number of carbonyl (C=O) groups is 1. The van der Waals surface area contributed by atoms with Crippen molar-refractivity contribution in [1.82, 2.24) is 10.5 Å². The molecule has 0 bridgehead atoms. The van der Waals surface area contributed by atoms with Gasteiger partial charge in [-0.3, -0.25) is 10.3 Å². The van der Waals surface area contributed by atoms with E-state index in [1.807, 2.05) is 30.3 Å². The predicted octanol–water partition coefficient (Wildman–Crippen LogP) is 2.86. The first-order chi connectivity index (χ1) is 10.8. The summed E-state index contributed by atoms with van der Waals surface area (Å²) in [5.41, 5.74) is 1.92. The molecule has 0 saturated carbocycles. The van der Waals surface area contributed by atoms with Crippen LogP contribution < -0.4 is 10.6 Å². The molecule has 0 aliphatic carbocycles. The zero-order valence-electron chi connectivity index (χ0n) is 12.0. The van der Waals surface area contributed by atoms with Crippen LogP contribution in [0.25, 0.3) is 11.3 Å². The molecule has 1 aliphatic rings. The van der Waals surface area contributed by atoms with Crippen LogP contribution in [0.15, 0.2) is 57.6 Å². The summed E-state index contributed by atoms with van der Waals surface area (Å²) in [6.45, 7) is 1.26. The lowest BCUT2D eigenvalue weighted by molar-refractivity contribution is 0.252. The van der Waals surface area contributed by atoms with Gasteiger partial charge in [-0.15, -0.1) is 0 Å². The highest BCUT2D eigenvalue weighted by atomic mass is 16.5. The van der Waals surface area contributed by atoms with E-state index >= 15 is 0 Å². The minimum atomic E-state index is -0.326. The Morgan fingerprint density at radius 1 is 1.27 bits per heavy atom. The van der Waals surface area contributed by atoms with E-state index in [1.54, 1.807) is 12.3 Å². The zero-order chi connectivity index (χ0) is 15.2. The van der Waals surface area contributed by atoms with Gasteiger partial charge in [-0.05, 0) is 12.0 Å². The molecule has 1 aliphatic heterocycles. The Morgan fingerprint density at radius 3 is 2.91 bits per heavy atom. The molecule has 0 radical (unpaired) electrons. The van der Waals surface area contributed by atoms with E-state index in [-0.39, 0.29) is 6.03 Å². The van der Waals surface area contributed by atoms with Gasteiger partial charge in [0.2, 0.25) is 0 Å². The van der Waals surface area contributed by atoms with Gasteiger partial charge in [-0.25, -0.2) is 4.79 Å². The Balaban J connectivity index is 1.55. The molecule has 2 heterocycles. The first-order valence-electron chi connectivity index (χ1n) is 7.07. The molecule has 6 nitrogen and oxygen atoms in total. The highest BCUT2D eigenvalue weighted by Crippen LogP contribution is 2.21. The third-order valence-corrected chi connectivity index (χ3v) is 3.18. The summed E-state index contributed by atoms with van der Waals surface area (Å²) in [6, 6.07) is 11.0. The zero-order valence-corrected chi connectivity index (χ0v) is 12.0. The highest BCUT2D eigenvalue weighted by molar-refractivity contribution is 5.90. The van der Waals surface area contributed by atoms with E-state index in [9.17, 15) is 4.79 Å². The number of aliphatic imine (C=N–C) groups is 1. The summed E-state index contributed by atoms with van der Waals surface area (Å²) in [6.07, 6.45) is 4.77. The molecule has 2 N–H and O–H groups in total. The smallest absolute Gasteiger partial charge is 0.320 e. The van der Waals surface area contributed by atoms with Crippen LogP contribution in [-0.4, -0.2) is 30.5 Å². The Bertz CT molecular complexity index is 704. The Kier molecular flexibility index (Phi) is 4.29. The maximum atomic E-state index is 11.8. The van der Waals surface area contributed by atoms with Gasteiger partial charge in [0, 0.05) is 30.9 Å². The van der Waals surface area contributed by atoms with Crippen molar-refractivity contribution in [2.75, 3.05) is 18.4 Å². The van der Waals surface area contributed by atoms with E-state index in [1.165, 1.54) is 0 Å². The van der Waals surface area contributed by atoms with Crippen LogP contribution in [0.5, 0.6) is 0 Å². The normalized spacial score (nSPS) is 13.5. The number of urea groups is 1. The second-order valence-corrected chi connectivity index (χ2v) is 4.85. The van der Waals surface area contributed by atoms with Crippen molar-refractivity contribution < 1.29 is 9.32 Å². The molecule has 6 heteroatoms. The molecular weight excluding hydrogens is 280 g/mol. The molecule has 0 fully saturated rings. The molecule has 1 aromatic carbocycles. The number of carbonyl (C=O) groups excluding carboxylic acids is 1. The maximum Gasteiger partial charge on any atom is 0.320 e. The van der Waals surface area contributed by atoms with Crippen LogP contribution in [0.3, 0.4) is 0 Å². The Hall–Kier alpha value is -2.89. The Labute approximate surface area is 127 Å². The van der Waals surface area contributed by atoms with E-state index < -0.39 is 0 Å². The maximum absolute atomic E-state index is 11.8. The van der Waals surface area contributed by atoms with Crippen LogP contribution in [0, 0.1) is 0 Å². The van der Waals surface area contributed by atoms with Crippen molar-refractivity contribution in [1.29, 1.82) is 0 Å². The quantitative estimate of drug-likeness (QED) is 0.910. The fraction of sp³-hybridized carbons (Fsp3) is 0.188. The molecule has 3 rings (SSSR count). The number of hydrogen-bond donors (Lipinski definition) is 2. The second-order valence-electron chi connectivity index (χ2n) is 4.85. The lowest BCUT2D eigenvalue weighted by Gasteiger charge is -2.08. The summed E-state index contributed by atoms with van der Waals surface area (Å²) < 4.78 is 5.22. The lowest BCUT2D eigenvalue weighted by Crippen LogP contribution is -2.31. The van der Waals surface area contributed by atoms with E-state index in [2.05, 4.69) is 26.9 Å². The molecule has 0 saturated heterocycles. The number of benzene rings is 1. The SMILES string of the molecule is O=C(NCC1=CCCN=C1)Nc1cc(-c2ccccc2)on1. The number of rotatable bonds is 4. The number of amides is 2. The number of nitrogens with zero attached hydrogens (tertiary/aromatic N) is 2. The standard InChI is InChI=1S/C16H16N4O2/c21-16(18-11-12-5-4-8-17-10-12)19-15-9-14(22-20-15)13-6-2-1-3-7-13/h1-3,5-7,9-10H,4,8,11H2,(H2,18,19,20,21). The fourth-order valence-corrected chi connectivity index (χ4v) is 2.09. The highest BCUT2D eigenvalue weighted by Gasteiger charge is 2.09. The fourth-order valence-electron chi connectivity index (χ4n) is 2.09. The van der Waals surface area contributed by atoms with Gasteiger partial charge in [0.25, 0.3) is 0 Å². The molecule has 112 valence electrons. The monoisotopic (exact) mass is 296 g/mol. The number of nitrogens with one attached hydrogen (secondary N) is 2. The number of hydrogen-bond acceptors (Lipinski definition) is 4. The van der Waals surface area contributed by atoms with E-state index in [0.29, 0.717) is 18.1 Å². The van der Waals surface area contributed by atoms with Gasteiger partial charge >= 0.3 is 6.03 Å². The van der Waals surface area contributed by atoms with E-state index in [4.69, 9.17) is 4.52 Å². The van der Waals surface area contributed by atoms with Gasteiger partial charge < -0.3 is 9.84 Å². The summed E-state index contributed by atoms with van der Waals surface area (Å²) in [5, 5.41) is 9.24. The molecular formula is C16H16N4O2. The van der Waals surface area contributed by atoms with Gasteiger partial charge in [0.05, 0.1) is 0 Å². The van der Waals surface area contributed by atoms with Crippen molar-refractivity contribution in [2.45, 2.75) is 6.42 Å². The average molecular weight is 296 g/mol. The predicted molar refractivity (Wildman–Crippen MR) is 85.0 cm³/mol. The van der Waals surface area contributed by atoms with Crippen LogP contribution in [0.2, 0.25) is 0 Å². The van der Waals surface area contributed by atoms with Crippen molar-refractivity contribution in [2.24, 2.45) is 4.99 Å². The van der Waals surface area contributed by atoms with E-state index in [0.717, 1.165) is 24.1 Å². The molecule has 0 spiro atoms. The largest absolute Gasteiger partial charge is 0.354 e. The van der Waals surface area contributed by atoms with Gasteiger partial charge in [-0.1, -0.05) is 41.6 Å². The first-order valence-corrected chi connectivity index (χ1v) is 7.07. The lowest BCUT2D eigenvalue weighted by atomic mass is 10.2. The number of anilines is 1. The van der Waals surface area contributed by atoms with Gasteiger partial charge in [0.1, 0.15) is 0 Å². The summed E-state index contributed by atoms with van der Waals surface area (Å²) in [4.78, 5) is 16.0. The van der Waals surface area contributed by atoms with Crippen molar-refractivity contribution >= 4 is 18.1 Å². The molecule has 0 atom stereocenters. The average Bonchev–Trinajstić information content (AvgIpc) is 3.03. The summed E-state index contributed by atoms with van der Waals surface area (Å²) in [7, 11) is 0. The minimum Gasteiger partial charge on any atom is -0.354 e. The van der Waals surface area contributed by atoms with Crippen LogP contribution in [0.1, 0.15) is 6.42 Å². The molecule has 1 aromatic heterocycles. The molecule has 2 amide bonds. The second kappa shape index (κ2) is 6.71. The molecule has 0 unspecified atom stereocenters. The van der Waals surface area contributed by atoms with Crippen molar-refractivity contribution in [3.8, 4) is 11.3 Å². The first kappa shape index (κ1) is 14.1. The molecule has 2 aromatic rings. The van der Waals surface area contributed by atoms with Crippen molar-refractivity contribution in [3.63, 3.8) is 0 Å². The third-order valence-electron chi connectivity index (χ3n) is 3.18. The van der Waals surface area contributed by atoms with Crippen LogP contribution >= 0.6 is 0 Å². The topological polar surface area (TPSA) is 79.5 Å².